The fraction of sp³-hybridized carbons (Fsp3) is 0.375. The molecule has 0 spiro atoms. The standard InChI is InChI=1S/C24H24F3NO2/c1-22(2,19-8-5-6-16-11-13-30-21(16)19)15-23(29,24(25,26)27)14-17-10-12-28-20-9-4-3-7-18(17)20/h3-10,12,29H,11,13-15H2,1-2H3. The largest absolute Gasteiger partial charge is 0.493 e. The van der Waals surface area contributed by atoms with Crippen molar-refractivity contribution in [2.75, 3.05) is 6.61 Å². The molecule has 0 fully saturated rings. The zero-order valence-electron chi connectivity index (χ0n) is 17.0. The molecule has 0 saturated heterocycles. The Morgan fingerprint density at radius 2 is 1.80 bits per heavy atom. The van der Waals surface area contributed by atoms with Crippen LogP contribution in [0.15, 0.2) is 54.7 Å². The Hall–Kier alpha value is -2.60. The summed E-state index contributed by atoms with van der Waals surface area (Å²) < 4.78 is 48.4. The van der Waals surface area contributed by atoms with Gasteiger partial charge in [0.1, 0.15) is 5.75 Å². The van der Waals surface area contributed by atoms with Crippen molar-refractivity contribution in [1.82, 2.24) is 4.98 Å². The number of alkyl halides is 3. The van der Waals surface area contributed by atoms with Gasteiger partial charge in [-0.3, -0.25) is 4.98 Å². The summed E-state index contributed by atoms with van der Waals surface area (Å²) in [6, 6.07) is 14.1. The number of fused-ring (bicyclic) bond motifs is 2. The Labute approximate surface area is 173 Å². The van der Waals surface area contributed by atoms with E-state index in [4.69, 9.17) is 4.74 Å². The fourth-order valence-corrected chi connectivity index (χ4v) is 4.46. The van der Waals surface area contributed by atoms with Crippen LogP contribution in [0.1, 0.15) is 37.0 Å². The molecule has 2 heterocycles. The molecule has 2 aromatic carbocycles. The summed E-state index contributed by atoms with van der Waals surface area (Å²) in [6.07, 6.45) is -3.60. The van der Waals surface area contributed by atoms with E-state index in [0.29, 0.717) is 34.4 Å². The van der Waals surface area contributed by atoms with Crippen LogP contribution in [-0.2, 0) is 18.3 Å². The van der Waals surface area contributed by atoms with Gasteiger partial charge in [-0.15, -0.1) is 0 Å². The Balaban J connectivity index is 1.73. The highest BCUT2D eigenvalue weighted by Gasteiger charge is 2.56. The number of pyridine rings is 1. The molecule has 1 unspecified atom stereocenters. The molecule has 3 nitrogen and oxygen atoms in total. The van der Waals surface area contributed by atoms with Crippen LogP contribution in [0.3, 0.4) is 0 Å². The van der Waals surface area contributed by atoms with E-state index in [1.807, 2.05) is 12.1 Å². The highest BCUT2D eigenvalue weighted by Crippen LogP contribution is 2.46. The Bertz CT molecular complexity index is 1070. The van der Waals surface area contributed by atoms with Gasteiger partial charge in [0, 0.05) is 30.0 Å². The first kappa shape index (κ1) is 20.7. The maximum absolute atomic E-state index is 14.2. The van der Waals surface area contributed by atoms with Crippen LogP contribution < -0.4 is 4.74 Å². The molecule has 1 aromatic heterocycles. The molecular formula is C24H24F3NO2. The second kappa shape index (κ2) is 7.27. The second-order valence-corrected chi connectivity index (χ2v) is 8.65. The lowest BCUT2D eigenvalue weighted by Gasteiger charge is -2.38. The number of para-hydroxylation sites is 2. The van der Waals surface area contributed by atoms with Gasteiger partial charge < -0.3 is 9.84 Å². The first-order chi connectivity index (χ1) is 14.1. The van der Waals surface area contributed by atoms with E-state index in [9.17, 15) is 18.3 Å². The quantitative estimate of drug-likeness (QED) is 0.609. The third kappa shape index (κ3) is 3.65. The van der Waals surface area contributed by atoms with Crippen molar-refractivity contribution in [2.45, 2.75) is 50.3 Å². The molecule has 0 radical (unpaired) electrons. The minimum atomic E-state index is -4.80. The van der Waals surface area contributed by atoms with Crippen LogP contribution in [0.4, 0.5) is 13.2 Å². The van der Waals surface area contributed by atoms with Crippen LogP contribution in [0.2, 0.25) is 0 Å². The van der Waals surface area contributed by atoms with Crippen molar-refractivity contribution in [3.8, 4) is 5.75 Å². The molecule has 1 atom stereocenters. The zero-order chi connectivity index (χ0) is 21.6. The maximum Gasteiger partial charge on any atom is 0.417 e. The minimum absolute atomic E-state index is 0.422. The topological polar surface area (TPSA) is 42.4 Å². The fourth-order valence-electron chi connectivity index (χ4n) is 4.46. The van der Waals surface area contributed by atoms with Crippen molar-refractivity contribution < 1.29 is 23.0 Å². The van der Waals surface area contributed by atoms with Crippen LogP contribution in [0, 0.1) is 0 Å². The normalized spacial score (nSPS) is 16.2. The molecule has 6 heteroatoms. The number of ether oxygens (including phenoxy) is 1. The van der Waals surface area contributed by atoms with E-state index in [2.05, 4.69) is 4.98 Å². The molecule has 1 N–H and O–H groups in total. The minimum Gasteiger partial charge on any atom is -0.493 e. The molecular weight excluding hydrogens is 391 g/mol. The lowest BCUT2D eigenvalue weighted by atomic mass is 9.72. The monoisotopic (exact) mass is 415 g/mol. The van der Waals surface area contributed by atoms with Gasteiger partial charge >= 0.3 is 6.18 Å². The number of benzene rings is 2. The molecule has 0 bridgehead atoms. The van der Waals surface area contributed by atoms with Crippen molar-refractivity contribution in [3.05, 3.63) is 71.4 Å². The average Bonchev–Trinajstić information content (AvgIpc) is 3.15. The van der Waals surface area contributed by atoms with Crippen molar-refractivity contribution in [3.63, 3.8) is 0 Å². The highest BCUT2D eigenvalue weighted by molar-refractivity contribution is 5.81. The van der Waals surface area contributed by atoms with E-state index in [0.717, 1.165) is 12.0 Å². The summed E-state index contributed by atoms with van der Waals surface area (Å²) in [7, 11) is 0. The molecule has 0 aliphatic carbocycles. The molecule has 30 heavy (non-hydrogen) atoms. The first-order valence-corrected chi connectivity index (χ1v) is 9.98. The number of hydrogen-bond donors (Lipinski definition) is 1. The molecule has 1 aliphatic rings. The number of aliphatic hydroxyl groups is 1. The summed E-state index contributed by atoms with van der Waals surface area (Å²) in [6.45, 7) is 3.98. The zero-order valence-corrected chi connectivity index (χ0v) is 17.0. The Morgan fingerprint density at radius 3 is 2.57 bits per heavy atom. The summed E-state index contributed by atoms with van der Waals surface area (Å²) >= 11 is 0. The molecule has 0 amide bonds. The van der Waals surface area contributed by atoms with Gasteiger partial charge in [-0.1, -0.05) is 50.2 Å². The van der Waals surface area contributed by atoms with Gasteiger partial charge in [0.25, 0.3) is 0 Å². The van der Waals surface area contributed by atoms with Gasteiger partial charge in [-0.05, 0) is 35.1 Å². The number of hydrogen-bond acceptors (Lipinski definition) is 3. The third-order valence-electron chi connectivity index (χ3n) is 5.93. The van der Waals surface area contributed by atoms with Crippen LogP contribution in [0.5, 0.6) is 5.75 Å². The van der Waals surface area contributed by atoms with E-state index >= 15 is 0 Å². The van der Waals surface area contributed by atoms with Crippen molar-refractivity contribution in [2.24, 2.45) is 0 Å². The molecule has 3 aromatic rings. The van der Waals surface area contributed by atoms with Crippen LogP contribution in [-0.4, -0.2) is 28.5 Å². The number of aromatic nitrogens is 1. The maximum atomic E-state index is 14.2. The predicted molar refractivity (Wildman–Crippen MR) is 110 cm³/mol. The SMILES string of the molecule is CC(C)(CC(O)(Cc1ccnc2ccccc12)C(F)(F)F)c1cccc2c1OCC2. The molecule has 1 aliphatic heterocycles. The average molecular weight is 415 g/mol. The molecule has 158 valence electrons. The van der Waals surface area contributed by atoms with Crippen molar-refractivity contribution >= 4 is 10.9 Å². The van der Waals surface area contributed by atoms with E-state index in [1.54, 1.807) is 50.2 Å². The van der Waals surface area contributed by atoms with Gasteiger partial charge in [0.15, 0.2) is 5.60 Å². The van der Waals surface area contributed by atoms with E-state index < -0.39 is 30.0 Å². The second-order valence-electron chi connectivity index (χ2n) is 8.65. The van der Waals surface area contributed by atoms with E-state index in [-0.39, 0.29) is 0 Å². The van der Waals surface area contributed by atoms with Crippen LogP contribution >= 0.6 is 0 Å². The Morgan fingerprint density at radius 1 is 1.03 bits per heavy atom. The lowest BCUT2D eigenvalue weighted by molar-refractivity contribution is -0.266. The summed E-state index contributed by atoms with van der Waals surface area (Å²) in [4.78, 5) is 4.22. The third-order valence-corrected chi connectivity index (χ3v) is 5.93. The van der Waals surface area contributed by atoms with Gasteiger partial charge in [0.2, 0.25) is 0 Å². The summed E-state index contributed by atoms with van der Waals surface area (Å²) in [5.74, 6) is 0.654. The first-order valence-electron chi connectivity index (χ1n) is 9.98. The van der Waals surface area contributed by atoms with Crippen LogP contribution in [0.25, 0.3) is 10.9 Å². The summed E-state index contributed by atoms with van der Waals surface area (Å²) in [5, 5.41) is 11.6. The number of halogens is 3. The van der Waals surface area contributed by atoms with Gasteiger partial charge in [-0.25, -0.2) is 0 Å². The lowest BCUT2D eigenvalue weighted by Crippen LogP contribution is -2.50. The Kier molecular flexibility index (Phi) is 5.01. The summed E-state index contributed by atoms with van der Waals surface area (Å²) in [5.41, 5.74) is -1.14. The van der Waals surface area contributed by atoms with Gasteiger partial charge in [-0.2, -0.15) is 13.2 Å². The number of nitrogens with zero attached hydrogens (tertiary/aromatic N) is 1. The predicted octanol–water partition coefficient (Wildman–Crippen LogP) is 5.37. The van der Waals surface area contributed by atoms with Crippen molar-refractivity contribution in [1.29, 1.82) is 0 Å². The molecule has 0 saturated carbocycles. The smallest absolute Gasteiger partial charge is 0.417 e. The molecule has 4 rings (SSSR count). The van der Waals surface area contributed by atoms with E-state index in [1.165, 1.54) is 6.20 Å². The number of rotatable bonds is 5. The highest BCUT2D eigenvalue weighted by atomic mass is 19.4. The van der Waals surface area contributed by atoms with Gasteiger partial charge in [0.05, 0.1) is 12.1 Å².